The molecule has 302 valence electrons. The summed E-state index contributed by atoms with van der Waals surface area (Å²) in [7, 11) is -2.94. The van der Waals surface area contributed by atoms with Crippen LogP contribution in [-0.2, 0) is 28.1 Å². The molecule has 1 heterocycles. The molecule has 1 aliphatic heterocycles. The fourth-order valence-corrected chi connectivity index (χ4v) is 17.2. The highest BCUT2D eigenvalue weighted by atomic mass is 28.4. The smallest absolute Gasteiger partial charge is 0.340 e. The lowest BCUT2D eigenvalue weighted by Crippen LogP contribution is -2.66. The Morgan fingerprint density at radius 3 is 1.09 bits per heavy atom. The van der Waals surface area contributed by atoms with E-state index in [9.17, 15) is 19.2 Å². The second-order valence-electron chi connectivity index (χ2n) is 17.3. The summed E-state index contributed by atoms with van der Waals surface area (Å²) < 4.78 is 38.6. The number of hydrogen-bond donors (Lipinski definition) is 0. The summed E-state index contributed by atoms with van der Waals surface area (Å²) in [5.74, 6) is -3.13. The first kappa shape index (κ1) is 43.0. The van der Waals surface area contributed by atoms with Gasteiger partial charge in [-0.1, -0.05) is 135 Å². The van der Waals surface area contributed by atoms with Gasteiger partial charge in [-0.3, -0.25) is 0 Å². The molecule has 1 aliphatic rings. The fourth-order valence-electron chi connectivity index (χ4n) is 8.79. The highest BCUT2D eigenvalue weighted by Crippen LogP contribution is 2.62. The van der Waals surface area contributed by atoms with Crippen LogP contribution in [0.2, 0.25) is 15.1 Å². The zero-order valence-electron chi connectivity index (χ0n) is 34.2. The second-order valence-corrected chi connectivity index (χ2v) is 23.4. The van der Waals surface area contributed by atoms with Crippen molar-refractivity contribution in [1.29, 1.82) is 0 Å². The van der Waals surface area contributed by atoms with Crippen molar-refractivity contribution in [1.82, 2.24) is 0 Å². The Morgan fingerprint density at radius 1 is 0.456 bits per heavy atom. The zero-order valence-corrected chi connectivity index (χ0v) is 35.2. The minimum absolute atomic E-state index is 0.150. The third-order valence-corrected chi connectivity index (χ3v) is 17.2. The topological polar surface area (TPSA) is 124 Å². The van der Waals surface area contributed by atoms with E-state index in [1.807, 2.05) is 0 Å². The van der Waals surface area contributed by atoms with Crippen LogP contribution in [0.4, 0.5) is 0 Å². The summed E-state index contributed by atoms with van der Waals surface area (Å²) in [6.45, 7) is 19.3. The van der Waals surface area contributed by atoms with Gasteiger partial charge < -0.3 is 28.1 Å². The Kier molecular flexibility index (Phi) is 13.3. The van der Waals surface area contributed by atoms with E-state index < -0.39 is 62.9 Å². The van der Waals surface area contributed by atoms with Gasteiger partial charge in [-0.15, -0.1) is 0 Å². The molecule has 0 amide bonds. The van der Waals surface area contributed by atoms with Crippen LogP contribution in [0.25, 0.3) is 0 Å². The lowest BCUT2D eigenvalue weighted by atomic mass is 9.97. The zero-order chi connectivity index (χ0) is 41.6. The van der Waals surface area contributed by atoms with Gasteiger partial charge in [0.05, 0.1) is 28.9 Å². The largest absolute Gasteiger partial charge is 0.452 e. The van der Waals surface area contributed by atoms with Crippen molar-refractivity contribution >= 4 is 32.2 Å². The normalized spacial score (nSPS) is 20.2. The van der Waals surface area contributed by atoms with Crippen molar-refractivity contribution in [3.05, 3.63) is 144 Å². The molecule has 11 heteroatoms. The minimum Gasteiger partial charge on any atom is -0.452 e. The average Bonchev–Trinajstić information content (AvgIpc) is 3.17. The van der Waals surface area contributed by atoms with Crippen LogP contribution in [0.5, 0.6) is 0 Å². The Morgan fingerprint density at radius 2 is 0.754 bits per heavy atom. The summed E-state index contributed by atoms with van der Waals surface area (Å²) >= 11 is 0. The van der Waals surface area contributed by atoms with Crippen LogP contribution in [0.3, 0.4) is 0 Å². The molecule has 0 bridgehead atoms. The number of carbonyl (C=O) groups is 4. The van der Waals surface area contributed by atoms with E-state index in [1.165, 1.54) is 0 Å². The summed E-state index contributed by atoms with van der Waals surface area (Å²) in [6.07, 6.45) is -7.42. The molecule has 5 atom stereocenters. The van der Waals surface area contributed by atoms with Crippen molar-refractivity contribution in [2.24, 2.45) is 0 Å². The third-order valence-electron chi connectivity index (χ3n) is 10.2. The quantitative estimate of drug-likeness (QED) is 0.0824. The molecule has 10 nitrogen and oxygen atoms in total. The van der Waals surface area contributed by atoms with E-state index in [4.69, 9.17) is 28.1 Å². The van der Waals surface area contributed by atoms with Crippen molar-refractivity contribution < 1.29 is 47.3 Å². The first-order chi connectivity index (χ1) is 26.8. The van der Waals surface area contributed by atoms with Crippen LogP contribution >= 0.6 is 0 Å². The van der Waals surface area contributed by atoms with Crippen molar-refractivity contribution in [2.45, 2.75) is 108 Å². The molecule has 0 N–H and O–H groups in total. The molecule has 0 aliphatic carbocycles. The van der Waals surface area contributed by atoms with E-state index in [2.05, 4.69) is 62.3 Å². The number of carbonyl (C=O) groups excluding carboxylic acids is 4. The van der Waals surface area contributed by atoms with E-state index in [0.29, 0.717) is 0 Å². The van der Waals surface area contributed by atoms with Crippen LogP contribution in [-0.4, -0.2) is 69.5 Å². The number of benzene rings is 4. The van der Waals surface area contributed by atoms with E-state index in [1.54, 1.807) is 121 Å². The molecule has 4 aromatic carbocycles. The van der Waals surface area contributed by atoms with E-state index >= 15 is 0 Å². The van der Waals surface area contributed by atoms with Crippen molar-refractivity contribution in [2.75, 3.05) is 6.61 Å². The van der Waals surface area contributed by atoms with Gasteiger partial charge in [0.2, 0.25) is 20.7 Å². The van der Waals surface area contributed by atoms with E-state index in [0.717, 1.165) is 0 Å². The van der Waals surface area contributed by atoms with Crippen molar-refractivity contribution in [3.63, 3.8) is 0 Å². The third kappa shape index (κ3) is 9.72. The molecule has 2 unspecified atom stereocenters. The Bertz CT molecular complexity index is 1930. The number of hydrogen-bond acceptors (Lipinski definition) is 10. The van der Waals surface area contributed by atoms with Crippen LogP contribution < -0.4 is 0 Å². The minimum atomic E-state index is -2.94. The van der Waals surface area contributed by atoms with Crippen LogP contribution in [0.1, 0.15) is 104 Å². The maximum absolute atomic E-state index is 14.0. The number of rotatable bonds is 11. The van der Waals surface area contributed by atoms with Gasteiger partial charge in [-0.25, -0.2) is 19.2 Å². The number of esters is 4. The van der Waals surface area contributed by atoms with Crippen molar-refractivity contribution in [3.8, 4) is 0 Å². The first-order valence-electron chi connectivity index (χ1n) is 19.2. The van der Waals surface area contributed by atoms with Gasteiger partial charge in [0.15, 0.2) is 12.2 Å². The average molecular weight is 795 g/mol. The number of ether oxygens (including phenoxy) is 5. The highest BCUT2D eigenvalue weighted by molar-refractivity contribution is 6.82. The summed E-state index contributed by atoms with van der Waals surface area (Å²) in [6, 6.07) is 33.1. The molecule has 1 saturated heterocycles. The van der Waals surface area contributed by atoms with Gasteiger partial charge in [-0.2, -0.15) is 0 Å². The molecular weight excluding hydrogens is 741 g/mol. The molecule has 1 fully saturated rings. The highest BCUT2D eigenvalue weighted by Gasteiger charge is 2.63. The summed E-state index contributed by atoms with van der Waals surface area (Å²) in [5.41, 5.74) is 0.801. The molecule has 0 spiro atoms. The van der Waals surface area contributed by atoms with Gasteiger partial charge in [-0.05, 0) is 63.6 Å². The predicted octanol–water partition coefficient (Wildman–Crippen LogP) is 9.61. The van der Waals surface area contributed by atoms with Crippen LogP contribution in [0.15, 0.2) is 121 Å². The fraction of sp³-hybridized carbons (Fsp3) is 0.391. The Hall–Kier alpha value is -5.10. The molecule has 5 rings (SSSR count). The van der Waals surface area contributed by atoms with Gasteiger partial charge in [0.25, 0.3) is 0 Å². The predicted molar refractivity (Wildman–Crippen MR) is 218 cm³/mol. The summed E-state index contributed by atoms with van der Waals surface area (Å²) in [5, 5.41) is -0.957. The molecule has 0 radical (unpaired) electrons. The first-order valence-corrected chi connectivity index (χ1v) is 21.1. The van der Waals surface area contributed by atoms with Gasteiger partial charge >= 0.3 is 23.9 Å². The molecular formula is C46H54O10Si. The molecule has 4 aromatic rings. The van der Waals surface area contributed by atoms with Crippen LogP contribution in [0, 0.1) is 0 Å². The van der Waals surface area contributed by atoms with Gasteiger partial charge in [0.1, 0.15) is 6.10 Å². The van der Waals surface area contributed by atoms with E-state index in [-0.39, 0.29) is 44.0 Å². The SMILES string of the molecule is CC(C)(C)[Si](OCC1O[C@@H](OC(=O)c2ccccc2)C(OC(=O)c2ccccc2)[C@H](OC(=O)c2ccccc2)[C@@H]1OC(=O)c1ccccc1)(C(C)(C)C)C(C)(C)C. The molecule has 57 heavy (non-hydrogen) atoms. The van der Waals surface area contributed by atoms with Gasteiger partial charge in [0, 0.05) is 0 Å². The maximum atomic E-state index is 14.0. The second kappa shape index (κ2) is 17.6. The maximum Gasteiger partial charge on any atom is 0.340 e. The molecule has 0 aromatic heterocycles. The lowest BCUT2D eigenvalue weighted by Gasteiger charge is -2.58. The lowest BCUT2D eigenvalue weighted by molar-refractivity contribution is -0.282. The summed E-state index contributed by atoms with van der Waals surface area (Å²) in [4.78, 5) is 55.6. The monoisotopic (exact) mass is 794 g/mol. The Balaban J connectivity index is 1.68. The molecule has 0 saturated carbocycles. The standard InChI is InChI=1S/C46H54O10Si/c1-44(2,3)57(45(4,5)6,46(7,8)9)51-30-35-36(53-39(47)31-22-14-10-15-23-31)37(54-40(48)32-24-16-11-17-25-32)38(55-41(49)33-26-18-12-19-27-33)43(52-35)56-42(50)34-28-20-13-21-29-34/h10-29,35-38,43H,30H2,1-9H3/t35?,36-,37-,38?,43+/m1/s1. The Labute approximate surface area is 336 Å².